The Morgan fingerprint density at radius 2 is 2.19 bits per heavy atom. The van der Waals surface area contributed by atoms with Gasteiger partial charge in [0.15, 0.2) is 0 Å². The summed E-state index contributed by atoms with van der Waals surface area (Å²) in [6.45, 7) is 4.88. The van der Waals surface area contributed by atoms with Gasteiger partial charge in [-0.3, -0.25) is 0 Å². The van der Waals surface area contributed by atoms with E-state index >= 15 is 0 Å². The molecular formula is C17H26FN3. The van der Waals surface area contributed by atoms with Crippen LogP contribution in [0, 0.1) is 11.7 Å². The molecule has 1 aliphatic carbocycles. The minimum absolute atomic E-state index is 0.230. The lowest BCUT2D eigenvalue weighted by atomic mass is 9.91. The highest BCUT2D eigenvalue weighted by Gasteiger charge is 2.36. The number of halogens is 1. The van der Waals surface area contributed by atoms with Gasteiger partial charge in [-0.1, -0.05) is 13.3 Å². The van der Waals surface area contributed by atoms with Gasteiger partial charge in [0, 0.05) is 24.7 Å². The molecule has 0 amide bonds. The summed E-state index contributed by atoms with van der Waals surface area (Å²) >= 11 is 0. The Balaban J connectivity index is 1.82. The summed E-state index contributed by atoms with van der Waals surface area (Å²) in [6, 6.07) is 2.28. The number of aromatic nitrogens is 1. The van der Waals surface area contributed by atoms with E-state index in [4.69, 9.17) is 0 Å². The molecule has 0 bridgehead atoms. The number of rotatable bonds is 5. The van der Waals surface area contributed by atoms with Crippen molar-refractivity contribution in [1.82, 2.24) is 10.3 Å². The molecule has 1 saturated heterocycles. The predicted molar refractivity (Wildman–Crippen MR) is 83.9 cm³/mol. The quantitative estimate of drug-likeness (QED) is 0.842. The van der Waals surface area contributed by atoms with Crippen molar-refractivity contribution in [1.29, 1.82) is 0 Å². The van der Waals surface area contributed by atoms with Crippen LogP contribution < -0.4 is 10.2 Å². The SMILES string of the molecule is CCCNCc1cc(F)cnc1N1CCCC2CCCC21. The van der Waals surface area contributed by atoms with E-state index in [1.54, 1.807) is 6.07 Å². The number of piperidine rings is 1. The Kier molecular flexibility index (Phi) is 4.73. The van der Waals surface area contributed by atoms with E-state index in [0.717, 1.165) is 36.8 Å². The second-order valence-electron chi connectivity index (χ2n) is 6.41. The number of hydrogen-bond acceptors (Lipinski definition) is 3. The van der Waals surface area contributed by atoms with Gasteiger partial charge in [0.25, 0.3) is 0 Å². The smallest absolute Gasteiger partial charge is 0.141 e. The van der Waals surface area contributed by atoms with Crippen molar-refractivity contribution < 1.29 is 4.39 Å². The summed E-state index contributed by atoms with van der Waals surface area (Å²) in [7, 11) is 0. The van der Waals surface area contributed by atoms with Gasteiger partial charge in [-0.05, 0) is 50.6 Å². The van der Waals surface area contributed by atoms with Crippen molar-refractivity contribution in [3.63, 3.8) is 0 Å². The van der Waals surface area contributed by atoms with Crippen molar-refractivity contribution in [3.8, 4) is 0 Å². The normalized spacial score (nSPS) is 25.1. The Hall–Kier alpha value is -1.16. The van der Waals surface area contributed by atoms with Crippen molar-refractivity contribution in [2.24, 2.45) is 5.92 Å². The fourth-order valence-corrected chi connectivity index (χ4v) is 3.98. The molecular weight excluding hydrogens is 265 g/mol. The first-order chi connectivity index (χ1) is 10.3. The number of nitrogens with one attached hydrogen (secondary N) is 1. The molecule has 0 radical (unpaired) electrons. The highest BCUT2D eigenvalue weighted by Crippen LogP contribution is 2.39. The molecule has 21 heavy (non-hydrogen) atoms. The van der Waals surface area contributed by atoms with Crippen LogP contribution in [0.2, 0.25) is 0 Å². The first-order valence-electron chi connectivity index (χ1n) is 8.41. The van der Waals surface area contributed by atoms with Crippen LogP contribution in [0.1, 0.15) is 51.0 Å². The number of anilines is 1. The minimum Gasteiger partial charge on any atom is -0.353 e. The average Bonchev–Trinajstić information content (AvgIpc) is 2.96. The molecule has 0 aromatic carbocycles. The summed E-state index contributed by atoms with van der Waals surface area (Å²) in [5.74, 6) is 1.60. The summed E-state index contributed by atoms with van der Waals surface area (Å²) < 4.78 is 13.6. The minimum atomic E-state index is -0.230. The van der Waals surface area contributed by atoms with Gasteiger partial charge in [0.05, 0.1) is 6.20 Å². The topological polar surface area (TPSA) is 28.2 Å². The first kappa shape index (κ1) is 14.8. The summed E-state index contributed by atoms with van der Waals surface area (Å²) in [5.41, 5.74) is 1.01. The van der Waals surface area contributed by atoms with Crippen LogP contribution in [0.4, 0.5) is 10.2 Å². The molecule has 4 heteroatoms. The molecule has 2 heterocycles. The van der Waals surface area contributed by atoms with Gasteiger partial charge in [-0.2, -0.15) is 0 Å². The van der Waals surface area contributed by atoms with Crippen LogP contribution in [0.15, 0.2) is 12.3 Å². The maximum absolute atomic E-state index is 13.6. The van der Waals surface area contributed by atoms with E-state index in [0.29, 0.717) is 12.6 Å². The van der Waals surface area contributed by atoms with Crippen molar-refractivity contribution in [2.45, 2.75) is 58.0 Å². The van der Waals surface area contributed by atoms with Gasteiger partial charge in [-0.25, -0.2) is 9.37 Å². The lowest BCUT2D eigenvalue weighted by Crippen LogP contribution is -2.43. The predicted octanol–water partition coefficient (Wildman–Crippen LogP) is 3.49. The zero-order valence-corrected chi connectivity index (χ0v) is 12.9. The number of nitrogens with zero attached hydrogens (tertiary/aromatic N) is 2. The van der Waals surface area contributed by atoms with Gasteiger partial charge in [0.1, 0.15) is 11.6 Å². The Bertz CT molecular complexity index is 477. The monoisotopic (exact) mass is 291 g/mol. The number of pyridine rings is 1. The first-order valence-corrected chi connectivity index (χ1v) is 8.41. The second kappa shape index (κ2) is 6.73. The lowest BCUT2D eigenvalue weighted by molar-refractivity contribution is 0.359. The largest absolute Gasteiger partial charge is 0.353 e. The molecule has 116 valence electrons. The van der Waals surface area contributed by atoms with E-state index < -0.39 is 0 Å². The third-order valence-electron chi connectivity index (χ3n) is 4.92. The third kappa shape index (κ3) is 3.20. The van der Waals surface area contributed by atoms with E-state index in [9.17, 15) is 4.39 Å². The van der Waals surface area contributed by atoms with Crippen LogP contribution in [-0.2, 0) is 6.54 Å². The summed E-state index contributed by atoms with van der Waals surface area (Å²) in [6.07, 6.45) is 9.01. The van der Waals surface area contributed by atoms with Crippen LogP contribution >= 0.6 is 0 Å². The summed E-state index contributed by atoms with van der Waals surface area (Å²) in [4.78, 5) is 6.91. The molecule has 2 unspecified atom stereocenters. The molecule has 2 fully saturated rings. The van der Waals surface area contributed by atoms with Crippen LogP contribution in [0.25, 0.3) is 0 Å². The Morgan fingerprint density at radius 3 is 3.05 bits per heavy atom. The molecule has 1 N–H and O–H groups in total. The standard InChI is InChI=1S/C17H26FN3/c1-2-8-19-11-14-10-15(18)12-20-17(14)21-9-4-6-13-5-3-7-16(13)21/h10,12-13,16,19H,2-9,11H2,1H3. The van der Waals surface area contributed by atoms with Gasteiger partial charge < -0.3 is 10.2 Å². The fraction of sp³-hybridized carbons (Fsp3) is 0.706. The van der Waals surface area contributed by atoms with E-state index in [1.165, 1.54) is 38.3 Å². The molecule has 3 nitrogen and oxygen atoms in total. The van der Waals surface area contributed by atoms with E-state index in [1.807, 2.05) is 0 Å². The Morgan fingerprint density at radius 1 is 1.33 bits per heavy atom. The molecule has 2 aliphatic rings. The molecule has 0 spiro atoms. The van der Waals surface area contributed by atoms with E-state index in [-0.39, 0.29) is 5.82 Å². The van der Waals surface area contributed by atoms with E-state index in [2.05, 4.69) is 22.1 Å². The lowest BCUT2D eigenvalue weighted by Gasteiger charge is -2.39. The van der Waals surface area contributed by atoms with Gasteiger partial charge in [-0.15, -0.1) is 0 Å². The van der Waals surface area contributed by atoms with Gasteiger partial charge >= 0.3 is 0 Å². The van der Waals surface area contributed by atoms with Crippen LogP contribution in [0.5, 0.6) is 0 Å². The van der Waals surface area contributed by atoms with Crippen molar-refractivity contribution in [2.75, 3.05) is 18.0 Å². The zero-order chi connectivity index (χ0) is 14.7. The number of fused-ring (bicyclic) bond motifs is 1. The zero-order valence-electron chi connectivity index (χ0n) is 12.9. The van der Waals surface area contributed by atoms with Crippen molar-refractivity contribution in [3.05, 3.63) is 23.6 Å². The van der Waals surface area contributed by atoms with Crippen molar-refractivity contribution >= 4 is 5.82 Å². The molecule has 1 aliphatic heterocycles. The number of hydrogen-bond donors (Lipinski definition) is 1. The molecule has 1 saturated carbocycles. The third-order valence-corrected chi connectivity index (χ3v) is 4.92. The molecule has 1 aromatic heterocycles. The molecule has 1 aromatic rings. The highest BCUT2D eigenvalue weighted by atomic mass is 19.1. The van der Waals surface area contributed by atoms with Gasteiger partial charge in [0.2, 0.25) is 0 Å². The fourth-order valence-electron chi connectivity index (χ4n) is 3.98. The Labute approximate surface area is 126 Å². The second-order valence-corrected chi connectivity index (χ2v) is 6.41. The maximum atomic E-state index is 13.6. The molecule has 2 atom stereocenters. The van der Waals surface area contributed by atoms with Crippen LogP contribution in [0.3, 0.4) is 0 Å². The maximum Gasteiger partial charge on any atom is 0.141 e. The molecule has 3 rings (SSSR count). The van der Waals surface area contributed by atoms with Crippen LogP contribution in [-0.4, -0.2) is 24.1 Å². The highest BCUT2D eigenvalue weighted by molar-refractivity contribution is 5.49. The summed E-state index contributed by atoms with van der Waals surface area (Å²) in [5, 5.41) is 3.38. The average molecular weight is 291 g/mol.